The van der Waals surface area contributed by atoms with E-state index < -0.39 is 17.0 Å². The Labute approximate surface area is 150 Å². The number of hydrogen-bond acceptors (Lipinski definition) is 3. The van der Waals surface area contributed by atoms with Gasteiger partial charge in [0, 0.05) is 5.41 Å². The van der Waals surface area contributed by atoms with Crippen molar-refractivity contribution in [3.05, 3.63) is 11.6 Å². The summed E-state index contributed by atoms with van der Waals surface area (Å²) in [5.41, 5.74) is -0.557. The summed E-state index contributed by atoms with van der Waals surface area (Å²) < 4.78 is 0. The summed E-state index contributed by atoms with van der Waals surface area (Å²) in [5.74, 6) is 0.0383. The van der Waals surface area contributed by atoms with Crippen LogP contribution in [0.4, 0.5) is 0 Å². The summed E-state index contributed by atoms with van der Waals surface area (Å²) in [6.07, 6.45) is 8.41. The van der Waals surface area contributed by atoms with Gasteiger partial charge in [-0.2, -0.15) is 0 Å². The van der Waals surface area contributed by atoms with E-state index in [9.17, 15) is 20.1 Å². The van der Waals surface area contributed by atoms with Crippen LogP contribution in [-0.2, 0) is 4.79 Å². The van der Waals surface area contributed by atoms with Crippen LogP contribution >= 0.6 is 0 Å². The van der Waals surface area contributed by atoms with E-state index in [1.165, 1.54) is 5.57 Å². The SMILES string of the molecule is C[C@@H]1C[C@H]2[C@@H]3CC=C4C[C@@H](O)CC[C@]4(C)[C@H]3CC[C@]2(C)[C@@]1(O)C(=O)O. The summed E-state index contributed by atoms with van der Waals surface area (Å²) >= 11 is 0. The molecule has 0 saturated heterocycles. The molecule has 4 nitrogen and oxygen atoms in total. The largest absolute Gasteiger partial charge is 0.479 e. The van der Waals surface area contributed by atoms with Crippen molar-refractivity contribution in [3.8, 4) is 0 Å². The second-order valence-electron chi connectivity index (χ2n) is 9.82. The first-order valence-corrected chi connectivity index (χ1v) is 9.98. The third-order valence-electron chi connectivity index (χ3n) is 8.98. The predicted molar refractivity (Wildman–Crippen MR) is 94.8 cm³/mol. The molecular weight excluding hydrogens is 316 g/mol. The Morgan fingerprint density at radius 1 is 1.20 bits per heavy atom. The first kappa shape index (κ1) is 17.5. The van der Waals surface area contributed by atoms with Crippen LogP contribution in [0.2, 0.25) is 0 Å². The highest BCUT2D eigenvalue weighted by atomic mass is 16.4. The smallest absolute Gasteiger partial charge is 0.336 e. The van der Waals surface area contributed by atoms with Gasteiger partial charge in [0.05, 0.1) is 6.10 Å². The zero-order valence-corrected chi connectivity index (χ0v) is 15.7. The minimum atomic E-state index is -1.60. The molecule has 8 atom stereocenters. The van der Waals surface area contributed by atoms with Crippen molar-refractivity contribution in [2.45, 2.75) is 77.4 Å². The second kappa shape index (κ2) is 5.32. The molecule has 0 unspecified atom stereocenters. The third kappa shape index (κ3) is 2.04. The minimum Gasteiger partial charge on any atom is -0.479 e. The number of allylic oxidation sites excluding steroid dienone is 1. The van der Waals surface area contributed by atoms with Gasteiger partial charge >= 0.3 is 5.97 Å². The van der Waals surface area contributed by atoms with Crippen LogP contribution in [0.3, 0.4) is 0 Å². The molecule has 4 aliphatic carbocycles. The van der Waals surface area contributed by atoms with E-state index in [0.717, 1.165) is 44.9 Å². The standard InChI is InChI=1S/C21H32O4/c1-12-10-17-15-5-4-13-11-14(22)6-8-19(13,2)16(15)7-9-20(17,3)21(12,25)18(23)24/h4,12,14-17,22,25H,5-11H2,1-3H3,(H,23,24)/t12-,14+,15-,16+,17+,19+,20+,21+/m1/s1. The average Bonchev–Trinajstić information content (AvgIpc) is 2.77. The molecule has 4 heteroatoms. The van der Waals surface area contributed by atoms with Crippen molar-refractivity contribution in [1.82, 2.24) is 0 Å². The van der Waals surface area contributed by atoms with Gasteiger partial charge in [-0.1, -0.05) is 32.4 Å². The molecule has 140 valence electrons. The Balaban J connectivity index is 1.72. The van der Waals surface area contributed by atoms with Crippen molar-refractivity contribution in [2.24, 2.45) is 34.5 Å². The summed E-state index contributed by atoms with van der Waals surface area (Å²) in [6, 6.07) is 0. The molecule has 0 radical (unpaired) electrons. The number of aliphatic hydroxyl groups is 2. The molecule has 0 aromatic rings. The predicted octanol–water partition coefficient (Wildman–Crippen LogP) is 3.37. The number of hydrogen-bond donors (Lipinski definition) is 3. The molecule has 4 aliphatic rings. The lowest BCUT2D eigenvalue weighted by molar-refractivity contribution is -0.186. The van der Waals surface area contributed by atoms with Crippen molar-refractivity contribution in [1.29, 1.82) is 0 Å². The van der Waals surface area contributed by atoms with Crippen molar-refractivity contribution < 1.29 is 20.1 Å². The van der Waals surface area contributed by atoms with Crippen LogP contribution in [0.25, 0.3) is 0 Å². The fourth-order valence-corrected chi connectivity index (χ4v) is 7.44. The molecule has 0 spiro atoms. The quantitative estimate of drug-likeness (QED) is 0.635. The Bertz CT molecular complexity index is 627. The molecule has 0 aliphatic heterocycles. The van der Waals surface area contributed by atoms with Gasteiger partial charge in [0.1, 0.15) is 0 Å². The summed E-state index contributed by atoms with van der Waals surface area (Å²) in [5, 5.41) is 31.1. The number of rotatable bonds is 1. The van der Waals surface area contributed by atoms with Crippen molar-refractivity contribution in [3.63, 3.8) is 0 Å². The van der Waals surface area contributed by atoms with Crippen LogP contribution in [0.5, 0.6) is 0 Å². The number of carboxylic acids is 1. The van der Waals surface area contributed by atoms with Gasteiger partial charge in [-0.05, 0) is 74.0 Å². The van der Waals surface area contributed by atoms with E-state index in [1.807, 2.05) is 13.8 Å². The molecule has 25 heavy (non-hydrogen) atoms. The fraction of sp³-hybridized carbons (Fsp3) is 0.857. The monoisotopic (exact) mass is 348 g/mol. The molecule has 0 aromatic carbocycles. The first-order valence-electron chi connectivity index (χ1n) is 9.98. The lowest BCUT2D eigenvalue weighted by Gasteiger charge is -2.58. The second-order valence-corrected chi connectivity index (χ2v) is 9.82. The summed E-state index contributed by atoms with van der Waals surface area (Å²) in [6.45, 7) is 6.30. The van der Waals surface area contributed by atoms with E-state index in [-0.39, 0.29) is 23.4 Å². The molecule has 3 fully saturated rings. The molecule has 4 rings (SSSR count). The molecule has 0 bridgehead atoms. The van der Waals surface area contributed by atoms with Crippen LogP contribution in [0, 0.1) is 34.5 Å². The Morgan fingerprint density at radius 2 is 1.92 bits per heavy atom. The maximum absolute atomic E-state index is 12.0. The molecule has 0 amide bonds. The summed E-state index contributed by atoms with van der Waals surface area (Å²) in [7, 11) is 0. The molecule has 0 aromatic heterocycles. The highest BCUT2D eigenvalue weighted by Gasteiger charge is 2.69. The zero-order valence-electron chi connectivity index (χ0n) is 15.7. The van der Waals surface area contributed by atoms with E-state index >= 15 is 0 Å². The summed E-state index contributed by atoms with van der Waals surface area (Å²) in [4.78, 5) is 12.0. The van der Waals surface area contributed by atoms with Crippen LogP contribution in [-0.4, -0.2) is 33.0 Å². The number of aliphatic hydroxyl groups excluding tert-OH is 1. The highest BCUT2D eigenvalue weighted by molar-refractivity contribution is 5.79. The molecular formula is C21H32O4. The van der Waals surface area contributed by atoms with Crippen LogP contribution < -0.4 is 0 Å². The van der Waals surface area contributed by atoms with E-state index in [0.29, 0.717) is 11.8 Å². The number of aliphatic carboxylic acids is 1. The Morgan fingerprint density at radius 3 is 2.60 bits per heavy atom. The maximum atomic E-state index is 12.0. The number of carboxylic acid groups (broad SMARTS) is 1. The molecule has 0 heterocycles. The first-order chi connectivity index (χ1) is 11.6. The number of carbonyl (C=O) groups is 1. The normalized spacial score (nSPS) is 54.9. The van der Waals surface area contributed by atoms with Crippen LogP contribution in [0.15, 0.2) is 11.6 Å². The topological polar surface area (TPSA) is 77.8 Å². The fourth-order valence-electron chi connectivity index (χ4n) is 7.44. The van der Waals surface area contributed by atoms with Gasteiger partial charge in [0.2, 0.25) is 0 Å². The Kier molecular flexibility index (Phi) is 3.73. The molecule has 3 N–H and O–H groups in total. The number of fused-ring (bicyclic) bond motifs is 5. The van der Waals surface area contributed by atoms with Gasteiger partial charge < -0.3 is 15.3 Å². The minimum absolute atomic E-state index is 0.149. The van der Waals surface area contributed by atoms with Gasteiger partial charge in [0.15, 0.2) is 5.60 Å². The van der Waals surface area contributed by atoms with E-state index in [2.05, 4.69) is 13.0 Å². The third-order valence-corrected chi connectivity index (χ3v) is 8.98. The lowest BCUT2D eigenvalue weighted by Crippen LogP contribution is -2.58. The van der Waals surface area contributed by atoms with Gasteiger partial charge in [-0.25, -0.2) is 4.79 Å². The van der Waals surface area contributed by atoms with Gasteiger partial charge in [-0.3, -0.25) is 0 Å². The van der Waals surface area contributed by atoms with Gasteiger partial charge in [-0.15, -0.1) is 0 Å². The van der Waals surface area contributed by atoms with Crippen molar-refractivity contribution >= 4 is 5.97 Å². The van der Waals surface area contributed by atoms with E-state index in [1.54, 1.807) is 0 Å². The maximum Gasteiger partial charge on any atom is 0.336 e. The zero-order chi connectivity index (χ0) is 18.2. The van der Waals surface area contributed by atoms with E-state index in [4.69, 9.17) is 0 Å². The van der Waals surface area contributed by atoms with Crippen molar-refractivity contribution in [2.75, 3.05) is 0 Å². The average molecular weight is 348 g/mol. The Hall–Kier alpha value is -0.870. The lowest BCUT2D eigenvalue weighted by atomic mass is 9.47. The highest BCUT2D eigenvalue weighted by Crippen LogP contribution is 2.68. The van der Waals surface area contributed by atoms with Crippen LogP contribution in [0.1, 0.15) is 65.7 Å². The molecule has 3 saturated carbocycles. The van der Waals surface area contributed by atoms with Gasteiger partial charge in [0.25, 0.3) is 0 Å².